The van der Waals surface area contributed by atoms with E-state index in [0.29, 0.717) is 13.0 Å². The van der Waals surface area contributed by atoms with Gasteiger partial charge in [0.15, 0.2) is 0 Å². The molecule has 0 aliphatic carbocycles. The Balaban J connectivity index is 1.60. The molecule has 0 unspecified atom stereocenters. The van der Waals surface area contributed by atoms with Crippen molar-refractivity contribution in [1.82, 2.24) is 4.90 Å². The molecule has 4 rings (SSSR count). The molecule has 0 aromatic heterocycles. The Morgan fingerprint density at radius 3 is 2.00 bits per heavy atom. The predicted octanol–water partition coefficient (Wildman–Crippen LogP) is 5.50. The highest BCUT2D eigenvalue weighted by atomic mass is 28.4. The normalized spacial score (nSPS) is 15.2. The second-order valence-corrected chi connectivity index (χ2v) is 14.9. The van der Waals surface area contributed by atoms with E-state index in [2.05, 4.69) is 45.0 Å². The molecule has 202 valence electrons. The molecule has 2 N–H and O–H groups in total. The lowest BCUT2D eigenvalue weighted by Gasteiger charge is -2.44. The van der Waals surface area contributed by atoms with Gasteiger partial charge < -0.3 is 15.1 Å². The summed E-state index contributed by atoms with van der Waals surface area (Å²) >= 11 is 0. The molecule has 1 aliphatic heterocycles. The fourth-order valence-electron chi connectivity index (χ4n) is 5.30. The lowest BCUT2D eigenvalue weighted by atomic mass is 10.1. The number of carbonyl (C=O) groups excluding carboxylic acids is 1. The number of hydrogen-bond acceptors (Lipinski definition) is 3. The summed E-state index contributed by atoms with van der Waals surface area (Å²) in [5.74, 6) is 0. The second-order valence-electron chi connectivity index (χ2n) is 10.6. The van der Waals surface area contributed by atoms with Gasteiger partial charge in [-0.3, -0.25) is 4.90 Å². The largest absolute Gasteiger partial charge is 0.418 e. The van der Waals surface area contributed by atoms with Gasteiger partial charge in [-0.25, -0.2) is 4.79 Å². The average molecular weight is 542 g/mol. The van der Waals surface area contributed by atoms with Gasteiger partial charge in [0.2, 0.25) is 0 Å². The summed E-state index contributed by atoms with van der Waals surface area (Å²) in [4.78, 5) is 16.2. The molecule has 2 amide bonds. The van der Waals surface area contributed by atoms with E-state index in [-0.39, 0.29) is 36.1 Å². The minimum absolute atomic E-state index is 0.00101. The molecule has 1 heterocycles. The summed E-state index contributed by atoms with van der Waals surface area (Å²) in [7, 11) is -2.79. The monoisotopic (exact) mass is 541 g/mol. The average Bonchev–Trinajstić information content (AvgIpc) is 2.87. The molecule has 0 bridgehead atoms. The van der Waals surface area contributed by atoms with E-state index in [4.69, 9.17) is 10.2 Å². The highest BCUT2D eigenvalue weighted by Gasteiger charge is 2.50. The van der Waals surface area contributed by atoms with E-state index in [9.17, 15) is 18.0 Å². The molecule has 0 spiro atoms. The SMILES string of the molecule is CC(C)(C)[Si](OCCN1CCCN(c2ccc(N)cc2C(F)(F)F)C1=O)(c1ccccc1)c1ccccc1. The van der Waals surface area contributed by atoms with Crippen molar-refractivity contribution >= 4 is 36.1 Å². The number of alkyl halides is 3. The van der Waals surface area contributed by atoms with Crippen LogP contribution in [0.25, 0.3) is 0 Å². The van der Waals surface area contributed by atoms with E-state index in [1.807, 2.05) is 36.4 Å². The van der Waals surface area contributed by atoms with Crippen LogP contribution in [-0.4, -0.2) is 45.5 Å². The van der Waals surface area contributed by atoms with Crippen molar-refractivity contribution in [3.05, 3.63) is 84.4 Å². The zero-order valence-electron chi connectivity index (χ0n) is 22.0. The van der Waals surface area contributed by atoms with Crippen molar-refractivity contribution in [2.75, 3.05) is 36.9 Å². The number of urea groups is 1. The van der Waals surface area contributed by atoms with Gasteiger partial charge in [0.1, 0.15) is 0 Å². The molecule has 0 saturated carbocycles. The van der Waals surface area contributed by atoms with Crippen molar-refractivity contribution < 1.29 is 22.4 Å². The van der Waals surface area contributed by atoms with Crippen LogP contribution in [0.15, 0.2) is 78.9 Å². The van der Waals surface area contributed by atoms with Crippen LogP contribution < -0.4 is 21.0 Å². The molecule has 3 aromatic rings. The molecule has 1 aliphatic rings. The molecule has 1 saturated heterocycles. The molecular weight excluding hydrogens is 507 g/mol. The van der Waals surface area contributed by atoms with E-state index >= 15 is 0 Å². The number of anilines is 2. The molecule has 38 heavy (non-hydrogen) atoms. The quantitative estimate of drug-likeness (QED) is 0.318. The van der Waals surface area contributed by atoms with E-state index in [1.165, 1.54) is 17.0 Å². The number of nitrogens with two attached hydrogens (primary N) is 1. The number of amides is 2. The Hall–Kier alpha value is -3.30. The summed E-state index contributed by atoms with van der Waals surface area (Å²) in [6, 6.07) is 23.4. The van der Waals surface area contributed by atoms with Crippen molar-refractivity contribution in [2.24, 2.45) is 0 Å². The molecule has 1 fully saturated rings. The molecule has 0 radical (unpaired) electrons. The van der Waals surface area contributed by atoms with Crippen LogP contribution in [0.3, 0.4) is 0 Å². The third kappa shape index (κ3) is 5.44. The summed E-state index contributed by atoms with van der Waals surface area (Å²) in [5, 5.41) is 2.03. The second kappa shape index (κ2) is 10.8. The Labute approximate surface area is 223 Å². The number of carbonyl (C=O) groups is 1. The molecular formula is C29H34F3N3O2Si. The Morgan fingerprint density at radius 1 is 0.895 bits per heavy atom. The zero-order chi connectivity index (χ0) is 27.6. The molecule has 9 heteroatoms. The van der Waals surface area contributed by atoms with Crippen molar-refractivity contribution in [3.63, 3.8) is 0 Å². The highest BCUT2D eigenvalue weighted by Crippen LogP contribution is 2.39. The summed E-state index contributed by atoms with van der Waals surface area (Å²) in [6.45, 7) is 7.72. The van der Waals surface area contributed by atoms with Crippen LogP contribution >= 0.6 is 0 Å². The van der Waals surface area contributed by atoms with Crippen LogP contribution in [0, 0.1) is 0 Å². The van der Waals surface area contributed by atoms with Crippen LogP contribution in [-0.2, 0) is 10.6 Å². The standard InChI is InChI=1S/C29H34F3N3O2Si/c1-28(2,3)38(23-11-6-4-7-12-23,24-13-8-5-9-14-24)37-20-19-34-17-10-18-35(27(34)36)26-16-15-22(33)21-25(26)29(30,31)32/h4-9,11-16,21H,10,17-20,33H2,1-3H3. The van der Waals surface area contributed by atoms with Crippen molar-refractivity contribution in [1.29, 1.82) is 0 Å². The van der Waals surface area contributed by atoms with E-state index < -0.39 is 26.1 Å². The molecule has 3 aromatic carbocycles. The van der Waals surface area contributed by atoms with Crippen LogP contribution in [0.4, 0.5) is 29.3 Å². The van der Waals surface area contributed by atoms with Gasteiger partial charge in [-0.15, -0.1) is 0 Å². The lowest BCUT2D eigenvalue weighted by Crippen LogP contribution is -2.67. The maximum Gasteiger partial charge on any atom is 0.418 e. The van der Waals surface area contributed by atoms with Gasteiger partial charge >= 0.3 is 12.2 Å². The lowest BCUT2D eigenvalue weighted by molar-refractivity contribution is -0.137. The van der Waals surface area contributed by atoms with Crippen LogP contribution in [0.2, 0.25) is 5.04 Å². The first kappa shape index (κ1) is 27.7. The summed E-state index contributed by atoms with van der Waals surface area (Å²) in [5.41, 5.74) is 4.55. The molecule has 5 nitrogen and oxygen atoms in total. The minimum atomic E-state index is -4.63. The number of hydrogen-bond donors (Lipinski definition) is 1. The number of nitrogens with zero attached hydrogens (tertiary/aromatic N) is 2. The first-order valence-electron chi connectivity index (χ1n) is 12.7. The Morgan fingerprint density at radius 2 is 1.47 bits per heavy atom. The maximum absolute atomic E-state index is 13.8. The van der Waals surface area contributed by atoms with Gasteiger partial charge in [-0.2, -0.15) is 13.2 Å². The first-order valence-corrected chi connectivity index (χ1v) is 14.6. The number of halogens is 3. The topological polar surface area (TPSA) is 58.8 Å². The Bertz CT molecular complexity index is 1210. The van der Waals surface area contributed by atoms with Gasteiger partial charge in [0, 0.05) is 25.3 Å². The highest BCUT2D eigenvalue weighted by molar-refractivity contribution is 6.99. The number of rotatable bonds is 7. The number of nitrogen functional groups attached to an aromatic ring is 1. The maximum atomic E-state index is 13.8. The van der Waals surface area contributed by atoms with Crippen molar-refractivity contribution in [2.45, 2.75) is 38.4 Å². The van der Waals surface area contributed by atoms with E-state index in [1.54, 1.807) is 4.90 Å². The number of benzene rings is 3. The third-order valence-corrected chi connectivity index (χ3v) is 12.1. The summed E-state index contributed by atoms with van der Waals surface area (Å²) < 4.78 is 48.1. The fourth-order valence-corrected chi connectivity index (χ4v) is 9.85. The minimum Gasteiger partial charge on any atom is -0.406 e. The fraction of sp³-hybridized carbons (Fsp3) is 0.345. The Kier molecular flexibility index (Phi) is 7.90. The summed E-state index contributed by atoms with van der Waals surface area (Å²) in [6.07, 6.45) is -4.08. The van der Waals surface area contributed by atoms with E-state index in [0.717, 1.165) is 16.4 Å². The van der Waals surface area contributed by atoms with Gasteiger partial charge in [-0.1, -0.05) is 81.4 Å². The van der Waals surface area contributed by atoms with Crippen molar-refractivity contribution in [3.8, 4) is 0 Å². The zero-order valence-corrected chi connectivity index (χ0v) is 23.0. The third-order valence-electron chi connectivity index (χ3n) is 7.02. The van der Waals surface area contributed by atoms with Gasteiger partial charge in [0.05, 0.1) is 17.9 Å². The van der Waals surface area contributed by atoms with Crippen LogP contribution in [0.1, 0.15) is 32.8 Å². The predicted molar refractivity (Wildman–Crippen MR) is 148 cm³/mol. The smallest absolute Gasteiger partial charge is 0.406 e. The first-order chi connectivity index (χ1) is 17.9. The van der Waals surface area contributed by atoms with Crippen LogP contribution in [0.5, 0.6) is 0 Å². The van der Waals surface area contributed by atoms with Gasteiger partial charge in [-0.05, 0) is 40.0 Å². The van der Waals surface area contributed by atoms with Gasteiger partial charge in [0.25, 0.3) is 8.32 Å². The molecule has 0 atom stereocenters.